The van der Waals surface area contributed by atoms with Crippen molar-refractivity contribution >= 4 is 17.8 Å². The van der Waals surface area contributed by atoms with Gasteiger partial charge in [-0.15, -0.1) is 0 Å². The largest absolute Gasteiger partial charge is 0.464 e. The molecule has 0 spiro atoms. The number of carbonyl (C=O) groups is 3. The number of hydrogen-bond donors (Lipinski definition) is 0. The van der Waals surface area contributed by atoms with Crippen molar-refractivity contribution < 1.29 is 19.1 Å². The van der Waals surface area contributed by atoms with E-state index in [1.165, 1.54) is 12.2 Å². The molecule has 1 heterocycles. The number of carbonyl (C=O) groups excluding carboxylic acids is 3. The molecule has 20 heavy (non-hydrogen) atoms. The molecule has 0 radical (unpaired) electrons. The second-order valence-electron chi connectivity index (χ2n) is 4.34. The van der Waals surface area contributed by atoms with Gasteiger partial charge in [0.25, 0.3) is 11.8 Å². The Morgan fingerprint density at radius 3 is 2.30 bits per heavy atom. The average Bonchev–Trinajstić information content (AvgIpc) is 2.77. The third-order valence-electron chi connectivity index (χ3n) is 2.99. The van der Waals surface area contributed by atoms with Crippen molar-refractivity contribution in [1.29, 1.82) is 0 Å². The first-order chi connectivity index (χ1) is 9.63. The number of amides is 2. The second kappa shape index (κ2) is 6.14. The minimum atomic E-state index is -0.924. The number of nitrogens with zero attached hydrogens (tertiary/aromatic N) is 1. The highest BCUT2D eigenvalue weighted by atomic mass is 16.5. The van der Waals surface area contributed by atoms with Gasteiger partial charge in [0.1, 0.15) is 6.04 Å². The molecule has 104 valence electrons. The van der Waals surface area contributed by atoms with Crippen molar-refractivity contribution in [1.82, 2.24) is 4.90 Å². The van der Waals surface area contributed by atoms with E-state index >= 15 is 0 Å². The Morgan fingerprint density at radius 1 is 1.15 bits per heavy atom. The van der Waals surface area contributed by atoms with Crippen molar-refractivity contribution in [3.8, 4) is 0 Å². The summed E-state index contributed by atoms with van der Waals surface area (Å²) >= 11 is 0. The fourth-order valence-electron chi connectivity index (χ4n) is 2.07. The molecule has 5 nitrogen and oxygen atoms in total. The standard InChI is InChI=1S/C15H15NO4/c1-2-20-15(19)12(10-11-6-4-3-5-7-11)16-13(17)8-9-14(16)18/h3-9,12H,2,10H2,1H3. The zero-order valence-corrected chi connectivity index (χ0v) is 11.1. The maximum atomic E-state index is 12.0. The topological polar surface area (TPSA) is 63.7 Å². The lowest BCUT2D eigenvalue weighted by Gasteiger charge is -2.24. The first-order valence-electron chi connectivity index (χ1n) is 6.39. The predicted octanol–water partition coefficient (Wildman–Crippen LogP) is 1.09. The molecule has 2 rings (SSSR count). The van der Waals surface area contributed by atoms with Crippen LogP contribution in [-0.4, -0.2) is 35.3 Å². The molecule has 0 saturated heterocycles. The van der Waals surface area contributed by atoms with Crippen molar-refractivity contribution in [2.24, 2.45) is 0 Å². The van der Waals surface area contributed by atoms with Gasteiger partial charge in [-0.05, 0) is 12.5 Å². The van der Waals surface area contributed by atoms with E-state index in [-0.39, 0.29) is 13.0 Å². The zero-order chi connectivity index (χ0) is 14.5. The molecule has 0 aliphatic carbocycles. The van der Waals surface area contributed by atoms with Gasteiger partial charge in [0.15, 0.2) is 0 Å². The molecule has 1 atom stereocenters. The summed E-state index contributed by atoms with van der Waals surface area (Å²) in [6, 6.07) is 8.28. The quantitative estimate of drug-likeness (QED) is 0.595. The number of esters is 1. The first kappa shape index (κ1) is 14.0. The minimum absolute atomic E-state index is 0.202. The SMILES string of the molecule is CCOC(=O)C(Cc1ccccc1)N1C(=O)C=CC1=O. The highest BCUT2D eigenvalue weighted by Crippen LogP contribution is 2.15. The van der Waals surface area contributed by atoms with Crippen molar-refractivity contribution in [2.75, 3.05) is 6.61 Å². The average molecular weight is 273 g/mol. The summed E-state index contributed by atoms with van der Waals surface area (Å²) in [7, 11) is 0. The molecule has 0 fully saturated rings. The van der Waals surface area contributed by atoms with E-state index in [1.54, 1.807) is 6.92 Å². The molecule has 0 bridgehead atoms. The summed E-state index contributed by atoms with van der Waals surface area (Å²) in [5.41, 5.74) is 0.859. The number of ether oxygens (including phenoxy) is 1. The summed E-state index contributed by atoms with van der Waals surface area (Å²) in [4.78, 5) is 36.5. The third kappa shape index (κ3) is 2.93. The zero-order valence-electron chi connectivity index (χ0n) is 11.1. The number of imide groups is 1. The van der Waals surface area contributed by atoms with Gasteiger partial charge >= 0.3 is 5.97 Å². The van der Waals surface area contributed by atoms with Crippen LogP contribution in [0.2, 0.25) is 0 Å². The Hall–Kier alpha value is -2.43. The molecule has 1 aliphatic rings. The van der Waals surface area contributed by atoms with Gasteiger partial charge in [-0.2, -0.15) is 0 Å². The van der Waals surface area contributed by atoms with Gasteiger partial charge in [-0.3, -0.25) is 14.5 Å². The number of benzene rings is 1. The lowest BCUT2D eigenvalue weighted by atomic mass is 10.0. The summed E-state index contributed by atoms with van der Waals surface area (Å²) in [5.74, 6) is -1.53. The monoisotopic (exact) mass is 273 g/mol. The lowest BCUT2D eigenvalue weighted by molar-refractivity contribution is -0.157. The molecule has 1 aliphatic heterocycles. The van der Waals surface area contributed by atoms with Crippen LogP contribution in [-0.2, 0) is 25.5 Å². The Labute approximate surface area is 116 Å². The second-order valence-corrected chi connectivity index (χ2v) is 4.34. The Balaban J connectivity index is 2.23. The fourth-order valence-corrected chi connectivity index (χ4v) is 2.07. The minimum Gasteiger partial charge on any atom is -0.464 e. The van der Waals surface area contributed by atoms with E-state index in [4.69, 9.17) is 4.74 Å². The van der Waals surface area contributed by atoms with Crippen LogP contribution in [0.5, 0.6) is 0 Å². The summed E-state index contributed by atoms with van der Waals surface area (Å²) in [6.45, 7) is 1.89. The Kier molecular flexibility index (Phi) is 4.30. The van der Waals surface area contributed by atoms with Gasteiger partial charge in [0, 0.05) is 18.6 Å². The molecular weight excluding hydrogens is 258 g/mol. The van der Waals surface area contributed by atoms with E-state index in [0.29, 0.717) is 0 Å². The number of hydrogen-bond acceptors (Lipinski definition) is 4. The van der Waals surface area contributed by atoms with Crippen LogP contribution >= 0.6 is 0 Å². The van der Waals surface area contributed by atoms with Crippen molar-refractivity contribution in [3.63, 3.8) is 0 Å². The molecule has 1 aromatic rings. The lowest BCUT2D eigenvalue weighted by Crippen LogP contribution is -2.47. The molecule has 1 aromatic carbocycles. The van der Waals surface area contributed by atoms with Crippen LogP contribution in [0.1, 0.15) is 12.5 Å². The highest BCUT2D eigenvalue weighted by molar-refractivity contribution is 6.14. The van der Waals surface area contributed by atoms with E-state index in [9.17, 15) is 14.4 Å². The van der Waals surface area contributed by atoms with Crippen LogP contribution in [0.15, 0.2) is 42.5 Å². The van der Waals surface area contributed by atoms with Crippen molar-refractivity contribution in [3.05, 3.63) is 48.0 Å². The van der Waals surface area contributed by atoms with Gasteiger partial charge in [0.05, 0.1) is 6.61 Å². The molecule has 0 saturated carbocycles. The summed E-state index contributed by atoms with van der Waals surface area (Å²) in [5, 5.41) is 0. The number of rotatable bonds is 5. The van der Waals surface area contributed by atoms with Gasteiger partial charge in [0.2, 0.25) is 0 Å². The molecule has 2 amide bonds. The smallest absolute Gasteiger partial charge is 0.329 e. The molecule has 5 heteroatoms. The van der Waals surface area contributed by atoms with Crippen LogP contribution in [0.25, 0.3) is 0 Å². The van der Waals surface area contributed by atoms with Crippen molar-refractivity contribution in [2.45, 2.75) is 19.4 Å². The maximum Gasteiger partial charge on any atom is 0.329 e. The highest BCUT2D eigenvalue weighted by Gasteiger charge is 2.36. The molecular formula is C15H15NO4. The van der Waals surface area contributed by atoms with Gasteiger partial charge < -0.3 is 4.74 Å². The van der Waals surface area contributed by atoms with Crippen LogP contribution in [0.3, 0.4) is 0 Å². The third-order valence-corrected chi connectivity index (χ3v) is 2.99. The fraction of sp³-hybridized carbons (Fsp3) is 0.267. The van der Waals surface area contributed by atoms with Crippen LogP contribution < -0.4 is 0 Å². The predicted molar refractivity (Wildman–Crippen MR) is 71.6 cm³/mol. The van der Waals surface area contributed by atoms with Crippen LogP contribution in [0, 0.1) is 0 Å². The molecule has 0 N–H and O–H groups in total. The first-order valence-corrected chi connectivity index (χ1v) is 6.39. The Morgan fingerprint density at radius 2 is 1.75 bits per heavy atom. The van der Waals surface area contributed by atoms with E-state index in [1.807, 2.05) is 30.3 Å². The Bertz CT molecular complexity index is 532. The summed E-state index contributed by atoms with van der Waals surface area (Å²) < 4.78 is 4.97. The molecule has 0 aromatic heterocycles. The van der Waals surface area contributed by atoms with E-state index in [2.05, 4.69) is 0 Å². The molecule has 1 unspecified atom stereocenters. The normalized spacial score (nSPS) is 15.6. The summed E-state index contributed by atoms with van der Waals surface area (Å²) in [6.07, 6.45) is 2.58. The van der Waals surface area contributed by atoms with E-state index < -0.39 is 23.8 Å². The van der Waals surface area contributed by atoms with Gasteiger partial charge in [-0.25, -0.2) is 4.79 Å². The van der Waals surface area contributed by atoms with E-state index in [0.717, 1.165) is 10.5 Å². The van der Waals surface area contributed by atoms with Gasteiger partial charge in [-0.1, -0.05) is 30.3 Å². The maximum absolute atomic E-state index is 12.0. The van der Waals surface area contributed by atoms with Crippen LogP contribution in [0.4, 0.5) is 0 Å².